The van der Waals surface area contributed by atoms with E-state index in [2.05, 4.69) is 206 Å². The topological polar surface area (TPSA) is 0 Å². The van der Waals surface area contributed by atoms with Crippen LogP contribution in [-0.2, 0) is 5.41 Å². The van der Waals surface area contributed by atoms with Gasteiger partial charge in [-0.25, -0.2) is 0 Å². The predicted octanol–water partition coefficient (Wildman–Crippen LogP) is 14.5. The fraction of sp³-hybridized carbons (Fsp3) is 0.0182. The van der Waals surface area contributed by atoms with Crippen molar-refractivity contribution in [2.45, 2.75) is 5.41 Å². The average Bonchev–Trinajstić information content (AvgIpc) is 3.72. The van der Waals surface area contributed by atoms with Gasteiger partial charge in [0.05, 0.1) is 5.41 Å². The monoisotopic (exact) mass is 694 g/mol. The van der Waals surface area contributed by atoms with Crippen molar-refractivity contribution < 1.29 is 0 Å². The number of benzene rings is 10. The van der Waals surface area contributed by atoms with E-state index in [0.29, 0.717) is 0 Å². The lowest BCUT2D eigenvalue weighted by Gasteiger charge is -2.30. The Kier molecular flexibility index (Phi) is 6.36. The highest BCUT2D eigenvalue weighted by atomic mass is 14.5. The van der Waals surface area contributed by atoms with E-state index in [9.17, 15) is 0 Å². The van der Waals surface area contributed by atoms with Gasteiger partial charge in [-0.1, -0.05) is 170 Å². The lowest BCUT2D eigenvalue weighted by Crippen LogP contribution is -2.25. The Labute approximate surface area is 320 Å². The largest absolute Gasteiger partial charge is 0.0725 e. The van der Waals surface area contributed by atoms with Crippen molar-refractivity contribution in [1.29, 1.82) is 0 Å². The summed E-state index contributed by atoms with van der Waals surface area (Å²) < 4.78 is 0. The molecule has 0 N–H and O–H groups in total. The second-order valence-corrected chi connectivity index (χ2v) is 15.3. The van der Waals surface area contributed by atoms with Crippen LogP contribution in [0.3, 0.4) is 0 Å². The van der Waals surface area contributed by atoms with Crippen LogP contribution in [0.25, 0.3) is 88.0 Å². The van der Waals surface area contributed by atoms with E-state index in [1.165, 1.54) is 110 Å². The number of hydrogen-bond donors (Lipinski definition) is 0. The van der Waals surface area contributed by atoms with E-state index in [4.69, 9.17) is 0 Å². The zero-order valence-electron chi connectivity index (χ0n) is 30.1. The quantitative estimate of drug-likeness (QED) is 0.173. The van der Waals surface area contributed by atoms with Crippen LogP contribution in [0.2, 0.25) is 0 Å². The molecule has 0 saturated carbocycles. The molecule has 0 heteroatoms. The van der Waals surface area contributed by atoms with Gasteiger partial charge in [0.1, 0.15) is 0 Å². The average molecular weight is 695 g/mol. The number of fused-ring (bicyclic) bond motifs is 13. The molecule has 0 amide bonds. The number of rotatable bonds is 3. The van der Waals surface area contributed by atoms with E-state index < -0.39 is 0 Å². The predicted molar refractivity (Wildman–Crippen MR) is 232 cm³/mol. The molecule has 0 bridgehead atoms. The third-order valence-corrected chi connectivity index (χ3v) is 12.4. The Morgan fingerprint density at radius 1 is 0.200 bits per heavy atom. The minimum atomic E-state index is -0.335. The van der Waals surface area contributed by atoms with Crippen LogP contribution in [0.1, 0.15) is 22.3 Å². The minimum absolute atomic E-state index is 0.335. The molecule has 0 atom stereocenters. The van der Waals surface area contributed by atoms with E-state index in [-0.39, 0.29) is 5.41 Å². The van der Waals surface area contributed by atoms with Crippen molar-refractivity contribution in [1.82, 2.24) is 0 Å². The summed E-state index contributed by atoms with van der Waals surface area (Å²) in [5.74, 6) is 0. The van der Waals surface area contributed by atoms with Crippen LogP contribution in [-0.4, -0.2) is 0 Å². The Bertz CT molecular complexity index is 3150. The van der Waals surface area contributed by atoms with Gasteiger partial charge in [0.15, 0.2) is 0 Å². The molecular formula is C55H34. The molecule has 0 aromatic heterocycles. The van der Waals surface area contributed by atoms with Gasteiger partial charge < -0.3 is 0 Å². The smallest absolute Gasteiger partial charge is 0.0619 e. The molecule has 0 saturated heterocycles. The fourth-order valence-corrected chi connectivity index (χ4v) is 9.85. The summed E-state index contributed by atoms with van der Waals surface area (Å²) in [6.45, 7) is 0. The van der Waals surface area contributed by atoms with Crippen LogP contribution in [0.4, 0.5) is 0 Å². The standard InChI is InChI=1S/C55H34/c1-2-10-36-29-37(18-17-35(36)9-1)38-19-20-40-31-41(22-21-39(40)30-38)42-23-24-44-33-45(26-25-43(44)32-42)46-27-28-50-49-13-5-8-16-53(49)55(54(50)34-46)51-14-6-3-11-47(51)48-12-4-7-15-52(48)55/h1-34H. The normalized spacial score (nSPS) is 13.2. The Morgan fingerprint density at radius 2 is 0.491 bits per heavy atom. The van der Waals surface area contributed by atoms with Crippen LogP contribution in [0.15, 0.2) is 206 Å². The second kappa shape index (κ2) is 11.5. The fourth-order valence-electron chi connectivity index (χ4n) is 9.85. The SMILES string of the molecule is c1ccc2c(c1)-c1ccccc1C21c2ccccc2-c2ccc(-c3ccc4cc(-c5ccc6cc(-c7ccc8ccccc8c7)ccc6c5)ccc4c3)cc21. The maximum Gasteiger partial charge on any atom is 0.0725 e. The van der Waals surface area contributed by atoms with Gasteiger partial charge in [-0.05, 0) is 147 Å². The minimum Gasteiger partial charge on any atom is -0.0619 e. The van der Waals surface area contributed by atoms with Gasteiger partial charge in [0, 0.05) is 0 Å². The Hall–Kier alpha value is -7.02. The summed E-state index contributed by atoms with van der Waals surface area (Å²) in [7, 11) is 0. The Balaban J connectivity index is 0.911. The highest BCUT2D eigenvalue weighted by Gasteiger charge is 2.51. The summed E-state index contributed by atoms with van der Waals surface area (Å²) in [6.07, 6.45) is 0. The zero-order valence-corrected chi connectivity index (χ0v) is 30.1. The Morgan fingerprint density at radius 3 is 0.927 bits per heavy atom. The van der Waals surface area contributed by atoms with Gasteiger partial charge >= 0.3 is 0 Å². The van der Waals surface area contributed by atoms with Gasteiger partial charge in [-0.15, -0.1) is 0 Å². The summed E-state index contributed by atoms with van der Waals surface area (Å²) >= 11 is 0. The molecule has 0 radical (unpaired) electrons. The summed E-state index contributed by atoms with van der Waals surface area (Å²) in [6, 6.07) is 77.1. The molecule has 55 heavy (non-hydrogen) atoms. The van der Waals surface area contributed by atoms with Gasteiger partial charge in [0.25, 0.3) is 0 Å². The van der Waals surface area contributed by atoms with Crippen molar-refractivity contribution in [2.24, 2.45) is 0 Å². The first-order valence-corrected chi connectivity index (χ1v) is 19.2. The maximum atomic E-state index is 2.48. The van der Waals surface area contributed by atoms with Crippen LogP contribution in [0, 0.1) is 0 Å². The van der Waals surface area contributed by atoms with Gasteiger partial charge in [0.2, 0.25) is 0 Å². The maximum absolute atomic E-state index is 2.48. The molecule has 2 aliphatic rings. The molecule has 1 spiro atoms. The molecule has 12 rings (SSSR count). The lowest BCUT2D eigenvalue weighted by atomic mass is 9.70. The third-order valence-electron chi connectivity index (χ3n) is 12.4. The number of hydrogen-bond acceptors (Lipinski definition) is 0. The van der Waals surface area contributed by atoms with Crippen molar-refractivity contribution in [2.75, 3.05) is 0 Å². The van der Waals surface area contributed by atoms with Crippen molar-refractivity contribution in [3.8, 4) is 55.6 Å². The van der Waals surface area contributed by atoms with Crippen molar-refractivity contribution in [3.05, 3.63) is 229 Å². The van der Waals surface area contributed by atoms with Crippen LogP contribution < -0.4 is 0 Å². The highest BCUT2D eigenvalue weighted by molar-refractivity contribution is 5.98. The first kappa shape index (κ1) is 30.4. The molecular weight excluding hydrogens is 661 g/mol. The molecule has 2 aliphatic carbocycles. The summed E-state index contributed by atoms with van der Waals surface area (Å²) in [5, 5.41) is 7.54. The first-order valence-electron chi connectivity index (χ1n) is 19.2. The summed E-state index contributed by atoms with van der Waals surface area (Å²) in [4.78, 5) is 0. The van der Waals surface area contributed by atoms with Gasteiger partial charge in [-0.3, -0.25) is 0 Å². The molecule has 0 unspecified atom stereocenters. The molecule has 10 aromatic carbocycles. The first-order chi connectivity index (χ1) is 27.2. The molecule has 0 aliphatic heterocycles. The van der Waals surface area contributed by atoms with Crippen molar-refractivity contribution >= 4 is 32.3 Å². The van der Waals surface area contributed by atoms with Crippen molar-refractivity contribution in [3.63, 3.8) is 0 Å². The lowest BCUT2D eigenvalue weighted by molar-refractivity contribution is 0.794. The second-order valence-electron chi connectivity index (χ2n) is 15.3. The van der Waals surface area contributed by atoms with E-state index in [1.54, 1.807) is 0 Å². The molecule has 254 valence electrons. The third kappa shape index (κ3) is 4.40. The van der Waals surface area contributed by atoms with E-state index in [0.717, 1.165) is 0 Å². The van der Waals surface area contributed by atoms with Gasteiger partial charge in [-0.2, -0.15) is 0 Å². The van der Waals surface area contributed by atoms with E-state index >= 15 is 0 Å². The summed E-state index contributed by atoms with van der Waals surface area (Å²) in [5.41, 5.74) is 18.0. The zero-order chi connectivity index (χ0) is 36.1. The highest BCUT2D eigenvalue weighted by Crippen LogP contribution is 2.63. The molecule has 0 fully saturated rings. The molecule has 10 aromatic rings. The van der Waals surface area contributed by atoms with Crippen LogP contribution >= 0.6 is 0 Å². The van der Waals surface area contributed by atoms with E-state index in [1.807, 2.05) is 0 Å². The van der Waals surface area contributed by atoms with Crippen LogP contribution in [0.5, 0.6) is 0 Å². The molecule has 0 heterocycles. The molecule has 0 nitrogen and oxygen atoms in total.